The first-order valence-corrected chi connectivity index (χ1v) is 51.3. The fraction of sp³-hybridized carbons (Fsp3) is 0.566. The van der Waals surface area contributed by atoms with E-state index in [2.05, 4.69) is 225 Å². The fourth-order valence-electron chi connectivity index (χ4n) is 21.5. The molecule has 4 amide bonds. The number of piperidine rings is 1. The number of allylic oxidation sites excluding steroid dienone is 11. The Labute approximate surface area is 832 Å². The number of nitrogens with one attached hydrogen (secondary N) is 4. The zero-order valence-corrected chi connectivity index (χ0v) is 86.2. The number of likely N-dealkylation sites (tertiary alicyclic amines) is 1. The minimum absolute atomic E-state index is 0.0962. The largest absolute Gasteiger partial charge is 0.475 e. The molecule has 6 aliphatic heterocycles. The quantitative estimate of drug-likeness (QED) is 0.0313. The Morgan fingerprint density at radius 1 is 0.421 bits per heavy atom. The minimum Gasteiger partial charge on any atom is -0.475 e. The van der Waals surface area contributed by atoms with Crippen LogP contribution in [-0.4, -0.2) is 196 Å². The lowest BCUT2D eigenvalue weighted by atomic mass is 9.73. The highest BCUT2D eigenvalue weighted by atomic mass is 16.5. The number of hydrogen-bond acceptors (Lipinski definition) is 19. The van der Waals surface area contributed by atoms with E-state index in [1.54, 1.807) is 18.2 Å². The highest BCUT2D eigenvalue weighted by Gasteiger charge is 2.42. The van der Waals surface area contributed by atoms with Crippen LogP contribution >= 0.6 is 0 Å². The molecule has 12 aliphatic rings. The van der Waals surface area contributed by atoms with E-state index in [-0.39, 0.29) is 74.4 Å². The second-order valence-electron chi connectivity index (χ2n) is 44.2. The van der Waals surface area contributed by atoms with Crippen molar-refractivity contribution in [2.45, 2.75) is 286 Å². The van der Waals surface area contributed by atoms with Crippen molar-refractivity contribution in [2.24, 2.45) is 36.6 Å². The van der Waals surface area contributed by atoms with Gasteiger partial charge in [0.15, 0.2) is 22.9 Å². The molecule has 6 aliphatic carbocycles. The van der Waals surface area contributed by atoms with Crippen LogP contribution < -0.4 is 21.3 Å². The molecule has 27 heteroatoms. The average Bonchev–Trinajstić information content (AvgIpc) is 0.813. The molecular weight excluding hydrogens is 1750 g/mol. The van der Waals surface area contributed by atoms with Crippen molar-refractivity contribution >= 4 is 91.7 Å². The maximum atomic E-state index is 13.0. The van der Waals surface area contributed by atoms with E-state index in [1.807, 2.05) is 44.2 Å². The van der Waals surface area contributed by atoms with Gasteiger partial charge in [0.25, 0.3) is 41.1 Å². The summed E-state index contributed by atoms with van der Waals surface area (Å²) in [7, 11) is 6.30. The summed E-state index contributed by atoms with van der Waals surface area (Å²) >= 11 is 0. The van der Waals surface area contributed by atoms with E-state index in [9.17, 15) is 19.2 Å². The molecule has 140 heavy (non-hydrogen) atoms. The van der Waals surface area contributed by atoms with Gasteiger partial charge in [-0.15, -0.1) is 15.0 Å². The lowest BCUT2D eigenvalue weighted by Crippen LogP contribution is -2.53. The number of piperazine rings is 2. The van der Waals surface area contributed by atoms with Gasteiger partial charge in [-0.25, -0.2) is 19.9 Å². The summed E-state index contributed by atoms with van der Waals surface area (Å²) < 4.78 is 11.6. The number of hydrogen-bond donors (Lipinski definition) is 4. The molecule has 4 N–H and O–H groups in total. The SMILES string of the molecule is [C-]#[N+]C1=CCC(C(=O)Nc2ccc(C(C)(C)N3CCCCC3)nc2C2=CCC(C)(C)CC2)=N1.[C-]#[N+]C1=CCC(C(=O)Nc2ccc(C(C)(C)N3CCN(C)CC3)nc2C2=CCC3(CCCC3)CC2)=N1.[C-]#[N+]C1=CCC(C(=O)Nc2ccc(C(C)(C)N3CCN(CC)CC3)nc2C2=CCC(C)(C)CC2)=N1.[C-]#[N+]c1ccc(C(=O)Nc2ccc(C(C)(C)OCCCN(C)C)nc2C2=CCC3(CCCC3)CC2)o1. The summed E-state index contributed by atoms with van der Waals surface area (Å²) in [5.74, 6) is -0.0803. The monoisotopic (exact) mass is 1900 g/mol. The van der Waals surface area contributed by atoms with Crippen LogP contribution in [0.4, 0.5) is 28.6 Å². The van der Waals surface area contributed by atoms with Gasteiger partial charge in [-0.1, -0.05) is 129 Å². The molecule has 2 saturated carbocycles. The van der Waals surface area contributed by atoms with Crippen molar-refractivity contribution in [3.8, 4) is 0 Å². The van der Waals surface area contributed by atoms with Crippen molar-refractivity contribution in [3.63, 3.8) is 0 Å². The van der Waals surface area contributed by atoms with E-state index >= 15 is 0 Å². The molecular formula is C113H149N21O6. The summed E-state index contributed by atoms with van der Waals surface area (Å²) in [5, 5.41) is 12.2. The van der Waals surface area contributed by atoms with Gasteiger partial charge in [-0.3, -0.25) is 33.9 Å². The van der Waals surface area contributed by atoms with Crippen molar-refractivity contribution in [1.82, 2.24) is 49.3 Å². The standard InChI is InChI=1S/C29H38N6O.C29H38N4O3.C28H38N6O.C27H35N5O/c1-28(2,35-19-17-34(4)18-20-35)24-9-7-22(32-27(36)23-8-10-25(30-3)31-23)26(33-24)21-11-15-29(16-12-21)13-5-6-14-29;1-28(2,35-20-8-19-33(4)5)24-11-9-22(31-27(34)23-10-12-25(30-3)36-23)26(32-24)21-13-17-29(18-14-21)15-6-7-16-29;1-7-33-16-18-34(19-17-33)28(4,5)23-10-8-21(31-26(35)22-9-11-24(29-6)30-22)25(32-23)20-12-14-27(2,3)15-13-20;1-26(2)15-13-19(14-16-26)24-20(30-25(33)21-10-12-23(28-5)29-21)9-11-22(31-24)27(3,4)32-17-7-6-8-18-32/h7,9-11H,5-6,8,12-20H2,1-2,4H3,(H,32,36);9-13H,6-8,14-20H2,1-2,4-5H3,(H,31,34);8,10-12H,7,9,13-19H2,1-5H3,(H,31,35);9,11-13H,6-8,10,14-18H2,1-4H3,(H,30,33). The molecule has 11 heterocycles. The third-order valence-corrected chi connectivity index (χ3v) is 31.5. The number of anilines is 4. The Hall–Kier alpha value is -11.4. The van der Waals surface area contributed by atoms with Gasteiger partial charge in [0, 0.05) is 78.2 Å². The molecule has 0 unspecified atom stereocenters. The fourth-order valence-corrected chi connectivity index (χ4v) is 21.5. The van der Waals surface area contributed by atoms with E-state index in [1.165, 1.54) is 111 Å². The lowest BCUT2D eigenvalue weighted by molar-refractivity contribution is -0.111. The van der Waals surface area contributed by atoms with Gasteiger partial charge in [0.05, 0.1) is 91.5 Å². The van der Waals surface area contributed by atoms with Gasteiger partial charge >= 0.3 is 5.88 Å². The van der Waals surface area contributed by atoms with E-state index < -0.39 is 5.60 Å². The number of rotatable bonds is 25. The van der Waals surface area contributed by atoms with E-state index in [4.69, 9.17) is 55.4 Å². The van der Waals surface area contributed by atoms with Crippen LogP contribution in [0.15, 0.2) is 140 Å². The normalized spacial score (nSPS) is 20.5. The van der Waals surface area contributed by atoms with Gasteiger partial charge in [0.1, 0.15) is 5.60 Å². The molecule has 0 bridgehead atoms. The average molecular weight is 1900 g/mol. The van der Waals surface area contributed by atoms with Crippen molar-refractivity contribution in [3.05, 3.63) is 218 Å². The van der Waals surface area contributed by atoms with Crippen LogP contribution in [-0.2, 0) is 41.3 Å². The Kier molecular flexibility index (Phi) is 33.8. The summed E-state index contributed by atoms with van der Waals surface area (Å²) in [6.07, 6.45) is 43.5. The Morgan fingerprint density at radius 3 is 1.11 bits per heavy atom. The first-order valence-electron chi connectivity index (χ1n) is 51.3. The van der Waals surface area contributed by atoms with Gasteiger partial charge < -0.3 is 59.7 Å². The van der Waals surface area contributed by atoms with Crippen LogP contribution in [0.25, 0.3) is 41.7 Å². The van der Waals surface area contributed by atoms with Gasteiger partial charge in [-0.2, -0.15) is 4.85 Å². The first-order chi connectivity index (χ1) is 66.8. The van der Waals surface area contributed by atoms with Crippen LogP contribution in [0.3, 0.4) is 0 Å². The number of amides is 4. The first kappa shape index (κ1) is 104. The van der Waals surface area contributed by atoms with Crippen LogP contribution in [0.1, 0.15) is 319 Å². The topological polar surface area (TPSA) is 264 Å². The molecule has 0 radical (unpaired) electrons. The van der Waals surface area contributed by atoms with E-state index in [0.29, 0.717) is 65.3 Å². The molecule has 27 nitrogen and oxygen atoms in total. The smallest absolute Gasteiger partial charge is 0.346 e. The number of furan rings is 1. The predicted molar refractivity (Wildman–Crippen MR) is 562 cm³/mol. The lowest BCUT2D eigenvalue weighted by Gasteiger charge is -2.43. The third kappa shape index (κ3) is 25.7. The molecule has 5 aromatic heterocycles. The van der Waals surface area contributed by atoms with Crippen molar-refractivity contribution in [2.75, 3.05) is 128 Å². The minimum atomic E-state index is -0.558. The van der Waals surface area contributed by atoms with Crippen LogP contribution in [0, 0.1) is 47.9 Å². The molecule has 17 rings (SSSR count). The number of likely N-dealkylation sites (N-methyl/N-ethyl adjacent to an activating group) is 2. The molecule has 742 valence electrons. The number of carbonyl (C=O) groups is 4. The van der Waals surface area contributed by atoms with Gasteiger partial charge in [0.2, 0.25) is 0 Å². The van der Waals surface area contributed by atoms with Crippen LogP contribution in [0.5, 0.6) is 0 Å². The number of aromatic nitrogens is 4. The zero-order chi connectivity index (χ0) is 100.0. The molecule has 5 fully saturated rings. The summed E-state index contributed by atoms with van der Waals surface area (Å²) in [6, 6.07) is 19.1. The predicted octanol–water partition coefficient (Wildman–Crippen LogP) is 23.1. The maximum absolute atomic E-state index is 13.0. The number of pyridine rings is 4. The summed E-state index contributed by atoms with van der Waals surface area (Å²) in [6.45, 7) is 70.7. The second kappa shape index (κ2) is 45.3. The third-order valence-electron chi connectivity index (χ3n) is 31.5. The molecule has 2 spiro atoms. The highest BCUT2D eigenvalue weighted by molar-refractivity contribution is 6.45. The number of aliphatic imine (C=N–C) groups is 3. The van der Waals surface area contributed by atoms with Gasteiger partial charge in [-0.05, 0) is 329 Å². The maximum Gasteiger partial charge on any atom is 0.346 e. The van der Waals surface area contributed by atoms with Crippen LogP contribution in [0.2, 0.25) is 0 Å². The molecule has 5 aromatic rings. The Bertz CT molecular complexity index is 5910. The number of carbonyl (C=O) groups excluding carboxylic acids is 4. The summed E-state index contributed by atoms with van der Waals surface area (Å²) in [4.78, 5) is 113. The Balaban J connectivity index is 0.000000149. The second-order valence-corrected chi connectivity index (χ2v) is 44.2. The zero-order valence-electron chi connectivity index (χ0n) is 86.2. The van der Waals surface area contributed by atoms with Crippen molar-refractivity contribution in [1.29, 1.82) is 0 Å². The summed E-state index contributed by atoms with van der Waals surface area (Å²) in [5.41, 5.74) is 16.5. The molecule has 3 saturated heterocycles. The highest BCUT2D eigenvalue weighted by Crippen LogP contribution is 2.53. The number of nitrogens with zero attached hydrogens (tertiary/aromatic N) is 17. The number of ether oxygens (including phenoxy) is 1. The van der Waals surface area contributed by atoms with E-state index in [0.717, 1.165) is 218 Å². The molecule has 0 atom stereocenters. The van der Waals surface area contributed by atoms with Crippen molar-refractivity contribution < 1.29 is 28.3 Å². The Morgan fingerprint density at radius 2 is 0.779 bits per heavy atom. The molecule has 0 aromatic carbocycles.